The van der Waals surface area contributed by atoms with Gasteiger partial charge in [-0.15, -0.1) is 0 Å². The highest BCUT2D eigenvalue weighted by Crippen LogP contribution is 2.33. The van der Waals surface area contributed by atoms with Crippen LogP contribution in [0.2, 0.25) is 0 Å². The monoisotopic (exact) mass is 461 g/mol. The van der Waals surface area contributed by atoms with E-state index in [0.717, 1.165) is 25.8 Å². The van der Waals surface area contributed by atoms with Crippen LogP contribution >= 0.6 is 31.9 Å². The van der Waals surface area contributed by atoms with Gasteiger partial charge < -0.3 is 14.2 Å². The zero-order valence-electron chi connectivity index (χ0n) is 13.7. The van der Waals surface area contributed by atoms with Crippen LogP contribution in [-0.2, 0) is 13.1 Å². The van der Waals surface area contributed by atoms with Crippen LogP contribution in [-0.4, -0.2) is 25.3 Å². The van der Waals surface area contributed by atoms with Gasteiger partial charge >= 0.3 is 0 Å². The number of aryl methyl sites for hydroxylation is 1. The molecule has 4 rings (SSSR count). The maximum absolute atomic E-state index is 10.7. The molecule has 0 saturated heterocycles. The molecule has 25 heavy (non-hydrogen) atoms. The Morgan fingerprint density at radius 2 is 1.60 bits per heavy atom. The van der Waals surface area contributed by atoms with E-state index in [1.807, 2.05) is 29.8 Å². The minimum Gasteiger partial charge on any atom is -0.389 e. The summed E-state index contributed by atoms with van der Waals surface area (Å²) in [5.74, 6) is 0.911. The molecule has 0 aliphatic heterocycles. The van der Waals surface area contributed by atoms with Crippen LogP contribution < -0.4 is 0 Å². The van der Waals surface area contributed by atoms with Crippen molar-refractivity contribution in [1.82, 2.24) is 14.1 Å². The number of imidazole rings is 1. The number of fused-ring (bicyclic) bond motifs is 3. The molecule has 1 N–H and O–H groups in total. The van der Waals surface area contributed by atoms with Gasteiger partial charge in [0.05, 0.1) is 19.2 Å². The number of benzene rings is 2. The molecule has 6 heteroatoms. The fourth-order valence-corrected chi connectivity index (χ4v) is 4.06. The third-order valence-electron chi connectivity index (χ3n) is 4.51. The summed E-state index contributed by atoms with van der Waals surface area (Å²) < 4.78 is 6.27. The predicted molar refractivity (Wildman–Crippen MR) is 108 cm³/mol. The molecule has 128 valence electrons. The number of aromatic nitrogens is 3. The second-order valence-corrected chi connectivity index (χ2v) is 8.05. The standard InChI is InChI=1S/C19H17Br2N3O/c1-12-22-6-7-23(12)10-15(25)11-24-18-4-2-13(20)8-16(18)17-9-14(21)3-5-19(17)24/h2-9,15,25H,10-11H2,1H3/t15-/m1/s1. The largest absolute Gasteiger partial charge is 0.389 e. The lowest BCUT2D eigenvalue weighted by Crippen LogP contribution is -2.22. The molecular formula is C19H17Br2N3O. The summed E-state index contributed by atoms with van der Waals surface area (Å²) in [7, 11) is 0. The Morgan fingerprint density at radius 1 is 1.00 bits per heavy atom. The van der Waals surface area contributed by atoms with Gasteiger partial charge in [-0.05, 0) is 43.3 Å². The van der Waals surface area contributed by atoms with Gasteiger partial charge in [-0.2, -0.15) is 0 Å². The SMILES string of the molecule is Cc1nccn1C[C@@H](O)Cn1c2ccc(Br)cc2c2cc(Br)ccc21. The molecule has 4 nitrogen and oxygen atoms in total. The lowest BCUT2D eigenvalue weighted by molar-refractivity contribution is 0.136. The first-order valence-electron chi connectivity index (χ1n) is 8.06. The van der Waals surface area contributed by atoms with Crippen LogP contribution in [0.4, 0.5) is 0 Å². The highest BCUT2D eigenvalue weighted by Gasteiger charge is 2.15. The summed E-state index contributed by atoms with van der Waals surface area (Å²) in [5.41, 5.74) is 2.25. The number of aliphatic hydroxyl groups is 1. The minimum absolute atomic E-state index is 0.501. The summed E-state index contributed by atoms with van der Waals surface area (Å²) in [6.45, 7) is 3.00. The average Bonchev–Trinajstić information content (AvgIpc) is 3.10. The molecule has 0 spiro atoms. The zero-order chi connectivity index (χ0) is 17.6. The normalized spacial score (nSPS) is 13.0. The Labute approximate surface area is 162 Å². The van der Waals surface area contributed by atoms with E-state index in [0.29, 0.717) is 13.1 Å². The molecule has 0 amide bonds. The third-order valence-corrected chi connectivity index (χ3v) is 5.50. The van der Waals surface area contributed by atoms with Crippen molar-refractivity contribution in [3.8, 4) is 0 Å². The van der Waals surface area contributed by atoms with Crippen molar-refractivity contribution >= 4 is 53.7 Å². The summed E-state index contributed by atoms with van der Waals surface area (Å²) >= 11 is 7.13. The summed E-state index contributed by atoms with van der Waals surface area (Å²) in [6.07, 6.45) is 3.16. The first-order chi connectivity index (χ1) is 12.0. The first-order valence-corrected chi connectivity index (χ1v) is 9.64. The van der Waals surface area contributed by atoms with Gasteiger partial charge in [0.15, 0.2) is 0 Å². The van der Waals surface area contributed by atoms with Gasteiger partial charge in [-0.25, -0.2) is 4.98 Å². The summed E-state index contributed by atoms with van der Waals surface area (Å²) in [4.78, 5) is 4.22. The van der Waals surface area contributed by atoms with E-state index in [1.165, 1.54) is 10.8 Å². The second kappa shape index (κ2) is 6.59. The van der Waals surface area contributed by atoms with Crippen molar-refractivity contribution in [2.75, 3.05) is 0 Å². The molecule has 4 aromatic rings. The van der Waals surface area contributed by atoms with Crippen molar-refractivity contribution < 1.29 is 5.11 Å². The second-order valence-electron chi connectivity index (χ2n) is 6.21. The lowest BCUT2D eigenvalue weighted by Gasteiger charge is -2.15. The van der Waals surface area contributed by atoms with Crippen molar-refractivity contribution in [3.05, 3.63) is 63.6 Å². The molecule has 0 radical (unpaired) electrons. The molecule has 2 heterocycles. The highest BCUT2D eigenvalue weighted by atomic mass is 79.9. The lowest BCUT2D eigenvalue weighted by atomic mass is 10.2. The zero-order valence-corrected chi connectivity index (χ0v) is 16.8. The Bertz CT molecular complexity index is 1010. The van der Waals surface area contributed by atoms with Crippen molar-refractivity contribution in [3.63, 3.8) is 0 Å². The van der Waals surface area contributed by atoms with Gasteiger partial charge in [0, 0.05) is 43.1 Å². The molecule has 1 atom stereocenters. The van der Waals surface area contributed by atoms with Crippen molar-refractivity contribution in [2.24, 2.45) is 0 Å². The maximum Gasteiger partial charge on any atom is 0.105 e. The van der Waals surface area contributed by atoms with Gasteiger partial charge in [0.2, 0.25) is 0 Å². The molecule has 0 bridgehead atoms. The van der Waals surface area contributed by atoms with Crippen LogP contribution in [0, 0.1) is 6.92 Å². The molecule has 0 fully saturated rings. The van der Waals surface area contributed by atoms with E-state index < -0.39 is 6.10 Å². The molecule has 0 saturated carbocycles. The number of aliphatic hydroxyl groups excluding tert-OH is 1. The van der Waals surface area contributed by atoms with Crippen molar-refractivity contribution in [1.29, 1.82) is 0 Å². The molecule has 2 aromatic heterocycles. The highest BCUT2D eigenvalue weighted by molar-refractivity contribution is 9.10. The van der Waals surface area contributed by atoms with Gasteiger partial charge in [0.1, 0.15) is 5.82 Å². The van der Waals surface area contributed by atoms with Crippen LogP contribution in [0.15, 0.2) is 57.7 Å². The fraction of sp³-hybridized carbons (Fsp3) is 0.211. The van der Waals surface area contributed by atoms with Gasteiger partial charge in [-0.1, -0.05) is 31.9 Å². The van der Waals surface area contributed by atoms with Crippen LogP contribution in [0.5, 0.6) is 0 Å². The molecule has 0 unspecified atom stereocenters. The predicted octanol–water partition coefficient (Wildman–Crippen LogP) is 4.89. The Morgan fingerprint density at radius 3 is 2.12 bits per heavy atom. The van der Waals surface area contributed by atoms with E-state index in [9.17, 15) is 5.11 Å². The molecule has 0 aliphatic rings. The Hall–Kier alpha value is -1.63. The summed E-state index contributed by atoms with van der Waals surface area (Å²) in [5, 5.41) is 13.0. The average molecular weight is 463 g/mol. The van der Waals surface area contributed by atoms with E-state index in [2.05, 4.69) is 65.7 Å². The Kier molecular flexibility index (Phi) is 4.43. The topological polar surface area (TPSA) is 43.0 Å². The number of hydrogen-bond donors (Lipinski definition) is 1. The van der Waals surface area contributed by atoms with E-state index in [1.54, 1.807) is 6.20 Å². The number of hydrogen-bond acceptors (Lipinski definition) is 2. The molecule has 0 aliphatic carbocycles. The maximum atomic E-state index is 10.7. The van der Waals surface area contributed by atoms with Crippen LogP contribution in [0.3, 0.4) is 0 Å². The minimum atomic E-state index is -0.501. The fourth-order valence-electron chi connectivity index (χ4n) is 3.34. The first kappa shape index (κ1) is 16.8. The number of rotatable bonds is 4. The Balaban J connectivity index is 1.78. The number of nitrogens with zero attached hydrogens (tertiary/aromatic N) is 3. The quantitative estimate of drug-likeness (QED) is 0.469. The third kappa shape index (κ3) is 3.14. The smallest absolute Gasteiger partial charge is 0.105 e. The van der Waals surface area contributed by atoms with E-state index >= 15 is 0 Å². The molecule has 2 aromatic carbocycles. The van der Waals surface area contributed by atoms with E-state index in [-0.39, 0.29) is 0 Å². The van der Waals surface area contributed by atoms with Crippen molar-refractivity contribution in [2.45, 2.75) is 26.1 Å². The van der Waals surface area contributed by atoms with Gasteiger partial charge in [0.25, 0.3) is 0 Å². The number of halogens is 2. The van der Waals surface area contributed by atoms with Crippen LogP contribution in [0.25, 0.3) is 21.8 Å². The van der Waals surface area contributed by atoms with Gasteiger partial charge in [-0.3, -0.25) is 0 Å². The van der Waals surface area contributed by atoms with E-state index in [4.69, 9.17) is 0 Å². The summed E-state index contributed by atoms with van der Waals surface area (Å²) in [6, 6.07) is 12.5. The molecular weight excluding hydrogens is 446 g/mol. The van der Waals surface area contributed by atoms with Crippen LogP contribution in [0.1, 0.15) is 5.82 Å².